The second kappa shape index (κ2) is 2.41. The zero-order chi connectivity index (χ0) is 6.69. The van der Waals surface area contributed by atoms with E-state index in [1.165, 1.54) is 6.07 Å². The van der Waals surface area contributed by atoms with Gasteiger partial charge in [0.05, 0.1) is 6.61 Å². The minimum Gasteiger partial charge on any atom is -0.390 e. The molecule has 1 rings (SSSR count). The van der Waals surface area contributed by atoms with Crippen LogP contribution in [0.25, 0.3) is 0 Å². The van der Waals surface area contributed by atoms with Gasteiger partial charge in [-0.25, -0.2) is 0 Å². The summed E-state index contributed by atoms with van der Waals surface area (Å²) >= 11 is 0. The fourth-order valence-corrected chi connectivity index (χ4v) is 0.458. The van der Waals surface area contributed by atoms with Gasteiger partial charge in [-0.2, -0.15) is 0 Å². The van der Waals surface area contributed by atoms with Gasteiger partial charge < -0.3 is 9.63 Å². The summed E-state index contributed by atoms with van der Waals surface area (Å²) in [5.41, 5.74) is 0.372. The Hall–Kier alpha value is -1.16. The predicted octanol–water partition coefficient (Wildman–Crippen LogP) is -0.0206. The summed E-state index contributed by atoms with van der Waals surface area (Å²) in [7, 11) is 0. The Morgan fingerprint density at radius 3 is 3.00 bits per heavy atom. The Balaban J connectivity index is 2.86. The van der Waals surface area contributed by atoms with Crippen molar-refractivity contribution in [1.82, 2.24) is 5.16 Å². The molecule has 1 aromatic rings. The molecule has 9 heavy (non-hydrogen) atoms. The van der Waals surface area contributed by atoms with Crippen LogP contribution in [0.2, 0.25) is 0 Å². The minimum absolute atomic E-state index is 0.138. The highest BCUT2D eigenvalue weighted by Crippen LogP contribution is 1.98. The topological polar surface area (TPSA) is 63.3 Å². The van der Waals surface area contributed by atoms with Crippen LogP contribution in [0.1, 0.15) is 16.2 Å². The van der Waals surface area contributed by atoms with E-state index in [2.05, 4.69) is 9.68 Å². The van der Waals surface area contributed by atoms with E-state index in [9.17, 15) is 4.79 Å². The molecule has 0 aliphatic carbocycles. The molecule has 4 heteroatoms. The van der Waals surface area contributed by atoms with E-state index in [-0.39, 0.29) is 12.4 Å². The molecule has 4 nitrogen and oxygen atoms in total. The first-order chi connectivity index (χ1) is 4.36. The molecule has 0 unspecified atom stereocenters. The fraction of sp³-hybridized carbons (Fsp3) is 0.200. The lowest BCUT2D eigenvalue weighted by molar-refractivity contribution is 0.109. The van der Waals surface area contributed by atoms with Crippen LogP contribution in [0.15, 0.2) is 10.6 Å². The maximum absolute atomic E-state index is 9.92. The van der Waals surface area contributed by atoms with Crippen LogP contribution in [0, 0.1) is 0 Å². The predicted molar refractivity (Wildman–Crippen MR) is 27.8 cm³/mol. The maximum Gasteiger partial charge on any atom is 0.199 e. The molecular weight excluding hydrogens is 122 g/mol. The van der Waals surface area contributed by atoms with Gasteiger partial charge in [0.2, 0.25) is 0 Å². The molecule has 1 N–H and O–H groups in total. The zero-order valence-electron chi connectivity index (χ0n) is 4.57. The molecular formula is C5H5NO3. The number of rotatable bonds is 2. The minimum atomic E-state index is -0.197. The van der Waals surface area contributed by atoms with E-state index in [4.69, 9.17) is 5.11 Å². The van der Waals surface area contributed by atoms with Crippen molar-refractivity contribution in [2.75, 3.05) is 0 Å². The standard InChI is InChI=1S/C5H5NO3/c7-2-4-1-5(3-8)9-6-4/h1,3,7H,2H2. The van der Waals surface area contributed by atoms with Crippen molar-refractivity contribution < 1.29 is 14.4 Å². The molecule has 1 heterocycles. The van der Waals surface area contributed by atoms with Crippen LogP contribution in [0.5, 0.6) is 0 Å². The monoisotopic (exact) mass is 127 g/mol. The second-order valence-corrected chi connectivity index (χ2v) is 1.50. The molecule has 0 fully saturated rings. The van der Waals surface area contributed by atoms with Crippen molar-refractivity contribution in [2.45, 2.75) is 6.61 Å². The van der Waals surface area contributed by atoms with Crippen molar-refractivity contribution in [3.8, 4) is 0 Å². The highest BCUT2D eigenvalue weighted by Gasteiger charge is 1.98. The molecule has 0 aliphatic heterocycles. The maximum atomic E-state index is 9.92. The number of hydrogen-bond acceptors (Lipinski definition) is 4. The third-order valence-electron chi connectivity index (χ3n) is 0.855. The first kappa shape index (κ1) is 5.97. The van der Waals surface area contributed by atoms with Gasteiger partial charge in [-0.3, -0.25) is 4.79 Å². The lowest BCUT2D eigenvalue weighted by Gasteiger charge is -1.75. The van der Waals surface area contributed by atoms with Crippen LogP contribution in [-0.2, 0) is 6.61 Å². The van der Waals surface area contributed by atoms with Crippen LogP contribution < -0.4 is 0 Å². The second-order valence-electron chi connectivity index (χ2n) is 1.50. The fourth-order valence-electron chi connectivity index (χ4n) is 0.458. The quantitative estimate of drug-likeness (QED) is 0.567. The summed E-state index contributed by atoms with van der Waals surface area (Å²) in [6, 6.07) is 1.38. The summed E-state index contributed by atoms with van der Waals surface area (Å²) < 4.78 is 4.43. The van der Waals surface area contributed by atoms with E-state index in [1.54, 1.807) is 0 Å². The van der Waals surface area contributed by atoms with Crippen LogP contribution in [0.4, 0.5) is 0 Å². The molecule has 0 saturated carbocycles. The third kappa shape index (κ3) is 1.14. The first-order valence-corrected chi connectivity index (χ1v) is 2.38. The normalized spacial score (nSPS) is 9.44. The molecule has 0 aromatic carbocycles. The number of hydrogen-bond donors (Lipinski definition) is 1. The summed E-state index contributed by atoms with van der Waals surface area (Å²) in [4.78, 5) is 9.92. The zero-order valence-corrected chi connectivity index (χ0v) is 4.57. The van der Waals surface area contributed by atoms with Gasteiger partial charge in [-0.05, 0) is 0 Å². The number of aldehydes is 1. The van der Waals surface area contributed by atoms with E-state index in [0.29, 0.717) is 12.0 Å². The van der Waals surface area contributed by atoms with Crippen molar-refractivity contribution in [3.05, 3.63) is 17.5 Å². The average molecular weight is 127 g/mol. The van der Waals surface area contributed by atoms with Crippen molar-refractivity contribution in [2.24, 2.45) is 0 Å². The first-order valence-electron chi connectivity index (χ1n) is 2.38. The van der Waals surface area contributed by atoms with Gasteiger partial charge in [-0.1, -0.05) is 5.16 Å². The van der Waals surface area contributed by atoms with Gasteiger partial charge in [0.25, 0.3) is 0 Å². The Labute approximate surface area is 51.1 Å². The van der Waals surface area contributed by atoms with E-state index in [1.807, 2.05) is 0 Å². The molecule has 0 atom stereocenters. The molecule has 0 radical (unpaired) electrons. The number of nitrogens with zero attached hydrogens (tertiary/aromatic N) is 1. The largest absolute Gasteiger partial charge is 0.390 e. The highest BCUT2D eigenvalue weighted by molar-refractivity contribution is 5.70. The molecule has 0 saturated heterocycles. The Morgan fingerprint density at radius 2 is 2.67 bits per heavy atom. The molecule has 0 amide bonds. The number of carbonyl (C=O) groups excluding carboxylic acids is 1. The average Bonchev–Trinajstić information content (AvgIpc) is 2.34. The van der Waals surface area contributed by atoms with Crippen molar-refractivity contribution in [1.29, 1.82) is 0 Å². The van der Waals surface area contributed by atoms with E-state index >= 15 is 0 Å². The van der Waals surface area contributed by atoms with Crippen LogP contribution >= 0.6 is 0 Å². The van der Waals surface area contributed by atoms with Gasteiger partial charge in [0.15, 0.2) is 12.0 Å². The number of carbonyl (C=O) groups is 1. The van der Waals surface area contributed by atoms with Gasteiger partial charge >= 0.3 is 0 Å². The summed E-state index contributed by atoms with van der Waals surface area (Å²) in [6.07, 6.45) is 0.534. The molecule has 1 aromatic heterocycles. The Kier molecular flexibility index (Phi) is 1.60. The van der Waals surface area contributed by atoms with Gasteiger partial charge in [0, 0.05) is 6.07 Å². The highest BCUT2D eigenvalue weighted by atomic mass is 16.5. The smallest absolute Gasteiger partial charge is 0.199 e. The summed E-state index contributed by atoms with van der Waals surface area (Å²) in [5.74, 6) is 0.138. The Morgan fingerprint density at radius 1 is 1.89 bits per heavy atom. The molecule has 0 aliphatic rings. The van der Waals surface area contributed by atoms with Crippen LogP contribution in [-0.4, -0.2) is 16.5 Å². The summed E-state index contributed by atoms with van der Waals surface area (Å²) in [6.45, 7) is -0.197. The van der Waals surface area contributed by atoms with Crippen molar-refractivity contribution in [3.63, 3.8) is 0 Å². The number of aromatic nitrogens is 1. The molecule has 0 spiro atoms. The SMILES string of the molecule is O=Cc1cc(CO)no1. The third-order valence-corrected chi connectivity index (χ3v) is 0.855. The molecule has 48 valence electrons. The summed E-state index contributed by atoms with van der Waals surface area (Å²) in [5, 5.41) is 11.8. The number of aliphatic hydroxyl groups excluding tert-OH is 1. The van der Waals surface area contributed by atoms with Gasteiger partial charge in [-0.15, -0.1) is 0 Å². The molecule has 0 bridgehead atoms. The van der Waals surface area contributed by atoms with E-state index < -0.39 is 0 Å². The lowest BCUT2D eigenvalue weighted by Crippen LogP contribution is -1.78. The van der Waals surface area contributed by atoms with Crippen molar-refractivity contribution >= 4 is 6.29 Å². The number of aliphatic hydroxyl groups is 1. The van der Waals surface area contributed by atoms with Crippen LogP contribution in [0.3, 0.4) is 0 Å². The lowest BCUT2D eigenvalue weighted by atomic mass is 10.4. The van der Waals surface area contributed by atoms with E-state index in [0.717, 1.165) is 0 Å². The van der Waals surface area contributed by atoms with Gasteiger partial charge in [0.1, 0.15) is 5.69 Å². The Bertz CT molecular complexity index is 206.